The van der Waals surface area contributed by atoms with Crippen LogP contribution in [0.3, 0.4) is 0 Å². The molecule has 118 valence electrons. The van der Waals surface area contributed by atoms with E-state index in [0.717, 1.165) is 6.26 Å². The minimum absolute atomic E-state index is 0.0121. The molecule has 0 atom stereocenters. The van der Waals surface area contributed by atoms with E-state index in [4.69, 9.17) is 27.9 Å². The predicted octanol–water partition coefficient (Wildman–Crippen LogP) is 2.91. The molecule has 0 unspecified atom stereocenters. The van der Waals surface area contributed by atoms with Crippen molar-refractivity contribution in [2.75, 3.05) is 23.4 Å². The van der Waals surface area contributed by atoms with Gasteiger partial charge in [-0.05, 0) is 23.7 Å². The van der Waals surface area contributed by atoms with Gasteiger partial charge in [-0.1, -0.05) is 11.6 Å². The predicted molar refractivity (Wildman–Crippen MR) is 86.8 cm³/mol. The third-order valence-electron chi connectivity index (χ3n) is 2.49. The van der Waals surface area contributed by atoms with Crippen molar-refractivity contribution in [3.8, 4) is 5.75 Å². The van der Waals surface area contributed by atoms with Gasteiger partial charge in [-0.2, -0.15) is 4.98 Å². The number of hydrogen-bond acceptors (Lipinski definition) is 6. The van der Waals surface area contributed by atoms with Crippen LogP contribution in [0.5, 0.6) is 5.75 Å². The highest BCUT2D eigenvalue weighted by Gasteiger charge is 2.12. The van der Waals surface area contributed by atoms with Crippen LogP contribution in [-0.2, 0) is 10.0 Å². The highest BCUT2D eigenvalue weighted by atomic mass is 35.5. The molecular weight excluding hydrogens is 351 g/mol. The van der Waals surface area contributed by atoms with Crippen LogP contribution in [0.2, 0.25) is 10.3 Å². The molecule has 0 radical (unpaired) electrons. The molecule has 22 heavy (non-hydrogen) atoms. The summed E-state index contributed by atoms with van der Waals surface area (Å²) in [5.41, 5.74) is 0.718. The van der Waals surface area contributed by atoms with Gasteiger partial charge >= 0.3 is 0 Å². The number of ether oxygens (including phenoxy) is 1. The van der Waals surface area contributed by atoms with E-state index in [0.29, 0.717) is 11.4 Å². The Bertz CT molecular complexity index is 799. The van der Waals surface area contributed by atoms with Crippen molar-refractivity contribution in [1.82, 2.24) is 9.97 Å². The summed E-state index contributed by atoms with van der Waals surface area (Å²) in [5, 5.41) is 3.16. The highest BCUT2D eigenvalue weighted by Crippen LogP contribution is 2.32. The van der Waals surface area contributed by atoms with E-state index in [1.54, 1.807) is 12.1 Å². The first-order chi connectivity index (χ1) is 10.3. The maximum Gasteiger partial charge on any atom is 0.229 e. The van der Waals surface area contributed by atoms with Crippen molar-refractivity contribution in [2.24, 2.45) is 0 Å². The van der Waals surface area contributed by atoms with Crippen LogP contribution in [0.15, 0.2) is 24.4 Å². The lowest BCUT2D eigenvalue weighted by Gasteiger charge is -2.14. The van der Waals surface area contributed by atoms with Crippen molar-refractivity contribution >= 4 is 50.4 Å². The third-order valence-corrected chi connectivity index (χ3v) is 3.54. The van der Waals surface area contributed by atoms with Crippen LogP contribution in [0, 0.1) is 0 Å². The van der Waals surface area contributed by atoms with Gasteiger partial charge in [0, 0.05) is 6.07 Å². The fraction of sp³-hybridized carbons (Fsp3) is 0.167. The topological polar surface area (TPSA) is 93.2 Å². The summed E-state index contributed by atoms with van der Waals surface area (Å²) in [6.07, 6.45) is 2.39. The molecule has 2 aromatic rings. The number of benzene rings is 1. The molecule has 0 spiro atoms. The van der Waals surface area contributed by atoms with E-state index in [1.807, 2.05) is 0 Å². The molecule has 0 saturated carbocycles. The van der Waals surface area contributed by atoms with Crippen LogP contribution < -0.4 is 14.8 Å². The molecule has 2 N–H and O–H groups in total. The molecule has 10 heteroatoms. The molecule has 0 fully saturated rings. The Morgan fingerprint density at radius 3 is 2.59 bits per heavy atom. The van der Waals surface area contributed by atoms with E-state index in [1.165, 1.54) is 19.4 Å². The number of halogens is 2. The van der Waals surface area contributed by atoms with Crippen LogP contribution in [0.25, 0.3) is 0 Å². The van der Waals surface area contributed by atoms with Crippen LogP contribution in [0.1, 0.15) is 0 Å². The monoisotopic (exact) mass is 362 g/mol. The van der Waals surface area contributed by atoms with Gasteiger partial charge in [0.05, 0.1) is 30.9 Å². The van der Waals surface area contributed by atoms with Gasteiger partial charge in [-0.3, -0.25) is 4.72 Å². The summed E-state index contributed by atoms with van der Waals surface area (Å²) in [6, 6.07) is 4.81. The molecule has 1 aromatic carbocycles. The zero-order valence-corrected chi connectivity index (χ0v) is 13.9. The fourth-order valence-electron chi connectivity index (χ4n) is 1.60. The lowest BCUT2D eigenvalue weighted by molar-refractivity contribution is 0.415. The van der Waals surface area contributed by atoms with Gasteiger partial charge in [0.25, 0.3) is 0 Å². The molecule has 1 heterocycles. The summed E-state index contributed by atoms with van der Waals surface area (Å²) in [5.74, 6) is 0.743. The second kappa shape index (κ2) is 6.55. The number of nitrogens with one attached hydrogen (secondary N) is 2. The van der Waals surface area contributed by atoms with Crippen molar-refractivity contribution < 1.29 is 13.2 Å². The summed E-state index contributed by atoms with van der Waals surface area (Å²) in [7, 11) is -1.99. The molecule has 2 rings (SSSR count). The van der Waals surface area contributed by atoms with E-state index in [2.05, 4.69) is 20.0 Å². The van der Waals surface area contributed by atoms with Crippen LogP contribution >= 0.6 is 23.2 Å². The Balaban J connectivity index is 2.43. The largest absolute Gasteiger partial charge is 0.497 e. The molecule has 1 aromatic heterocycles. The Morgan fingerprint density at radius 2 is 1.95 bits per heavy atom. The first kappa shape index (κ1) is 16.6. The number of rotatable bonds is 5. The van der Waals surface area contributed by atoms with Crippen LogP contribution in [0.4, 0.5) is 17.2 Å². The van der Waals surface area contributed by atoms with E-state index >= 15 is 0 Å². The van der Waals surface area contributed by atoms with Crippen molar-refractivity contribution in [2.45, 2.75) is 0 Å². The summed E-state index contributed by atoms with van der Waals surface area (Å²) in [6.45, 7) is 0. The second-order valence-electron chi connectivity index (χ2n) is 4.25. The van der Waals surface area contributed by atoms with Gasteiger partial charge in [0.2, 0.25) is 15.3 Å². The zero-order chi connectivity index (χ0) is 16.3. The molecule has 0 aliphatic rings. The zero-order valence-electron chi connectivity index (χ0n) is 11.6. The Morgan fingerprint density at radius 1 is 1.23 bits per heavy atom. The standard InChI is InChI=1S/C12H12Cl2N4O3S/c1-21-7-3-4-9(10(5-7)18-22(2,19)20)16-11-8(13)6-15-12(14)17-11/h3-6,18H,1-2H3,(H,15,16,17). The Hall–Kier alpha value is -1.77. The Kier molecular flexibility index (Phi) is 4.94. The molecule has 0 aliphatic carbocycles. The highest BCUT2D eigenvalue weighted by molar-refractivity contribution is 7.92. The van der Waals surface area contributed by atoms with Gasteiger partial charge in [-0.25, -0.2) is 13.4 Å². The minimum atomic E-state index is -3.47. The number of aromatic nitrogens is 2. The first-order valence-corrected chi connectivity index (χ1v) is 8.54. The van der Waals surface area contributed by atoms with Gasteiger partial charge in [0.1, 0.15) is 10.8 Å². The molecule has 0 bridgehead atoms. The quantitative estimate of drug-likeness (QED) is 0.794. The summed E-state index contributed by atoms with van der Waals surface area (Å²) < 4.78 is 30.4. The fourth-order valence-corrected chi connectivity index (χ4v) is 2.44. The average molecular weight is 363 g/mol. The van der Waals surface area contributed by atoms with E-state index in [9.17, 15) is 8.42 Å². The van der Waals surface area contributed by atoms with Gasteiger partial charge in [-0.15, -0.1) is 0 Å². The molecule has 0 aliphatic heterocycles. The summed E-state index contributed by atoms with van der Waals surface area (Å²) in [4.78, 5) is 7.69. The second-order valence-corrected chi connectivity index (χ2v) is 6.74. The Labute approximate surface area is 137 Å². The first-order valence-electron chi connectivity index (χ1n) is 5.89. The SMILES string of the molecule is COc1ccc(Nc2nc(Cl)ncc2Cl)c(NS(C)(=O)=O)c1. The van der Waals surface area contributed by atoms with E-state index in [-0.39, 0.29) is 21.8 Å². The van der Waals surface area contributed by atoms with Crippen molar-refractivity contribution in [1.29, 1.82) is 0 Å². The minimum Gasteiger partial charge on any atom is -0.497 e. The number of sulfonamides is 1. The number of methoxy groups -OCH3 is 1. The molecule has 0 saturated heterocycles. The normalized spacial score (nSPS) is 11.1. The number of nitrogens with zero attached hydrogens (tertiary/aromatic N) is 2. The van der Waals surface area contributed by atoms with E-state index < -0.39 is 10.0 Å². The van der Waals surface area contributed by atoms with Crippen LogP contribution in [-0.4, -0.2) is 31.8 Å². The lowest BCUT2D eigenvalue weighted by Crippen LogP contribution is -2.11. The molecule has 0 amide bonds. The van der Waals surface area contributed by atoms with Crippen molar-refractivity contribution in [3.05, 3.63) is 34.7 Å². The smallest absolute Gasteiger partial charge is 0.229 e. The average Bonchev–Trinajstić information content (AvgIpc) is 2.43. The third kappa shape index (κ3) is 4.36. The maximum atomic E-state index is 11.5. The van der Waals surface area contributed by atoms with Gasteiger partial charge < -0.3 is 10.1 Å². The summed E-state index contributed by atoms with van der Waals surface area (Å²) >= 11 is 11.7. The number of hydrogen-bond donors (Lipinski definition) is 2. The number of anilines is 3. The molecule has 7 nitrogen and oxygen atoms in total. The maximum absolute atomic E-state index is 11.5. The lowest BCUT2D eigenvalue weighted by atomic mass is 10.2. The van der Waals surface area contributed by atoms with Crippen molar-refractivity contribution in [3.63, 3.8) is 0 Å². The van der Waals surface area contributed by atoms with Gasteiger partial charge in [0.15, 0.2) is 5.82 Å². The molecular formula is C12H12Cl2N4O3S.